The monoisotopic (exact) mass is 225 g/mol. The summed E-state index contributed by atoms with van der Waals surface area (Å²) in [6.07, 6.45) is 5.18. The summed E-state index contributed by atoms with van der Waals surface area (Å²) in [5, 5.41) is 0. The van der Waals surface area contributed by atoms with Gasteiger partial charge in [-0.3, -0.25) is 14.5 Å². The lowest BCUT2D eigenvalue weighted by molar-refractivity contribution is -0.140. The predicted molar refractivity (Wildman–Crippen MR) is 55.2 cm³/mol. The molecule has 2 aliphatic carbocycles. The number of rotatable bonds is 2. The maximum absolute atomic E-state index is 12.0. The molecule has 4 atom stereocenters. The van der Waals surface area contributed by atoms with Gasteiger partial charge in [-0.1, -0.05) is 12.2 Å². The summed E-state index contributed by atoms with van der Waals surface area (Å²) in [6.45, 7) is 0.367. The van der Waals surface area contributed by atoms with Gasteiger partial charge in [0.15, 0.2) is 0 Å². The zero-order valence-electron chi connectivity index (χ0n) is 8.23. The first-order chi connectivity index (χ1) is 7.24. The Morgan fingerprint density at radius 3 is 2.20 bits per heavy atom. The number of likely N-dealkylation sites (tertiary alicyclic amines) is 1. The number of carbonyl (C=O) groups excluding carboxylic acids is 2. The molecule has 0 unspecified atom stereocenters. The lowest BCUT2D eigenvalue weighted by atomic mass is 9.85. The standard InChI is InChI=1S/C11H12ClNO2/c12-3-4-13-10(14)8-6-1-2-7(5-6)9(8)11(13)15/h1-2,6-9H,3-5H2/t6-,7-,8-,9-/m0/s1. The number of halogens is 1. The van der Waals surface area contributed by atoms with Crippen molar-refractivity contribution >= 4 is 23.4 Å². The molecule has 80 valence electrons. The Balaban J connectivity index is 1.93. The number of hydrogen-bond donors (Lipinski definition) is 0. The van der Waals surface area contributed by atoms with Gasteiger partial charge in [-0.15, -0.1) is 11.6 Å². The second-order valence-electron chi connectivity index (χ2n) is 4.52. The van der Waals surface area contributed by atoms with Crippen LogP contribution in [0.25, 0.3) is 0 Å². The summed E-state index contributed by atoms with van der Waals surface area (Å²) < 4.78 is 0. The van der Waals surface area contributed by atoms with Gasteiger partial charge in [-0.05, 0) is 18.3 Å². The minimum atomic E-state index is -0.0734. The third-order valence-electron chi connectivity index (χ3n) is 3.87. The smallest absolute Gasteiger partial charge is 0.233 e. The molecule has 4 heteroatoms. The average molecular weight is 226 g/mol. The van der Waals surface area contributed by atoms with E-state index in [1.807, 2.05) is 0 Å². The first kappa shape index (κ1) is 9.40. The first-order valence-electron chi connectivity index (χ1n) is 5.33. The van der Waals surface area contributed by atoms with Crippen molar-refractivity contribution in [3.8, 4) is 0 Å². The lowest BCUT2D eigenvalue weighted by Crippen LogP contribution is -2.34. The van der Waals surface area contributed by atoms with Crippen LogP contribution in [-0.4, -0.2) is 29.1 Å². The molecule has 3 rings (SSSR count). The molecule has 1 saturated heterocycles. The predicted octanol–water partition coefficient (Wildman–Crippen LogP) is 1.03. The molecule has 0 radical (unpaired) electrons. The van der Waals surface area contributed by atoms with Gasteiger partial charge < -0.3 is 0 Å². The Labute approximate surface area is 93.1 Å². The molecule has 0 aromatic rings. The van der Waals surface area contributed by atoms with Crippen LogP contribution in [0.2, 0.25) is 0 Å². The van der Waals surface area contributed by atoms with Crippen LogP contribution >= 0.6 is 11.6 Å². The van der Waals surface area contributed by atoms with Gasteiger partial charge in [-0.2, -0.15) is 0 Å². The van der Waals surface area contributed by atoms with E-state index in [0.29, 0.717) is 24.3 Å². The van der Waals surface area contributed by atoms with Crippen LogP contribution in [0.5, 0.6) is 0 Å². The third kappa shape index (κ3) is 1.07. The fourth-order valence-electron chi connectivity index (χ4n) is 3.27. The van der Waals surface area contributed by atoms with E-state index in [-0.39, 0.29) is 23.7 Å². The molecule has 2 amide bonds. The Morgan fingerprint density at radius 1 is 1.20 bits per heavy atom. The van der Waals surface area contributed by atoms with Crippen molar-refractivity contribution in [3.05, 3.63) is 12.2 Å². The summed E-state index contributed by atoms with van der Waals surface area (Å²) in [4.78, 5) is 25.3. The second kappa shape index (κ2) is 3.08. The minimum Gasteiger partial charge on any atom is -0.281 e. The van der Waals surface area contributed by atoms with Crippen LogP contribution in [0.15, 0.2) is 12.2 Å². The Hall–Kier alpha value is -0.830. The van der Waals surface area contributed by atoms with E-state index in [9.17, 15) is 9.59 Å². The largest absolute Gasteiger partial charge is 0.281 e. The van der Waals surface area contributed by atoms with Crippen LogP contribution in [0.1, 0.15) is 6.42 Å². The number of allylic oxidation sites excluding steroid dienone is 2. The highest BCUT2D eigenvalue weighted by Gasteiger charge is 2.58. The Kier molecular flexibility index (Phi) is 1.93. The normalized spacial score (nSPS) is 41.8. The quantitative estimate of drug-likeness (QED) is 0.400. The van der Waals surface area contributed by atoms with E-state index < -0.39 is 0 Å². The van der Waals surface area contributed by atoms with Crippen molar-refractivity contribution < 1.29 is 9.59 Å². The number of fused-ring (bicyclic) bond motifs is 5. The van der Waals surface area contributed by atoms with Gasteiger partial charge >= 0.3 is 0 Å². The maximum Gasteiger partial charge on any atom is 0.233 e. The van der Waals surface area contributed by atoms with Gasteiger partial charge in [0.1, 0.15) is 0 Å². The molecule has 1 saturated carbocycles. The zero-order chi connectivity index (χ0) is 10.6. The highest BCUT2D eigenvalue weighted by Crippen LogP contribution is 2.52. The lowest BCUT2D eigenvalue weighted by Gasteiger charge is -2.15. The highest BCUT2D eigenvalue weighted by atomic mass is 35.5. The van der Waals surface area contributed by atoms with E-state index in [0.717, 1.165) is 6.42 Å². The fraction of sp³-hybridized carbons (Fsp3) is 0.636. The number of nitrogens with zero attached hydrogens (tertiary/aromatic N) is 1. The first-order valence-corrected chi connectivity index (χ1v) is 5.87. The molecule has 0 aromatic carbocycles. The van der Waals surface area contributed by atoms with Gasteiger partial charge in [-0.25, -0.2) is 0 Å². The van der Waals surface area contributed by atoms with Crippen LogP contribution in [0.4, 0.5) is 0 Å². The van der Waals surface area contributed by atoms with Crippen molar-refractivity contribution in [3.63, 3.8) is 0 Å². The average Bonchev–Trinajstić information content (AvgIpc) is 2.87. The summed E-state index contributed by atoms with van der Waals surface area (Å²) in [7, 11) is 0. The molecular formula is C11H12ClNO2. The van der Waals surface area contributed by atoms with Gasteiger partial charge in [0.25, 0.3) is 0 Å². The van der Waals surface area contributed by atoms with Crippen LogP contribution in [0.3, 0.4) is 0 Å². The molecule has 2 fully saturated rings. The summed E-state index contributed by atoms with van der Waals surface area (Å²) >= 11 is 5.60. The molecule has 15 heavy (non-hydrogen) atoms. The van der Waals surface area contributed by atoms with Crippen molar-refractivity contribution in [1.82, 2.24) is 4.90 Å². The molecule has 1 aliphatic heterocycles. The van der Waals surface area contributed by atoms with Gasteiger partial charge in [0, 0.05) is 12.4 Å². The molecule has 0 N–H and O–H groups in total. The highest BCUT2D eigenvalue weighted by molar-refractivity contribution is 6.18. The van der Waals surface area contributed by atoms with Crippen LogP contribution < -0.4 is 0 Å². The van der Waals surface area contributed by atoms with E-state index in [1.54, 1.807) is 0 Å². The maximum atomic E-state index is 12.0. The molecular weight excluding hydrogens is 214 g/mol. The van der Waals surface area contributed by atoms with Gasteiger partial charge in [0.2, 0.25) is 11.8 Å². The summed E-state index contributed by atoms with van der Waals surface area (Å²) in [5.41, 5.74) is 0. The van der Waals surface area contributed by atoms with Crippen molar-refractivity contribution in [2.75, 3.05) is 12.4 Å². The van der Waals surface area contributed by atoms with E-state index in [1.165, 1.54) is 4.90 Å². The van der Waals surface area contributed by atoms with E-state index >= 15 is 0 Å². The van der Waals surface area contributed by atoms with Crippen LogP contribution in [0, 0.1) is 23.7 Å². The van der Waals surface area contributed by atoms with Crippen molar-refractivity contribution in [1.29, 1.82) is 0 Å². The second-order valence-corrected chi connectivity index (χ2v) is 4.89. The third-order valence-corrected chi connectivity index (χ3v) is 4.04. The Bertz CT molecular complexity index is 336. The number of carbonyl (C=O) groups is 2. The van der Waals surface area contributed by atoms with Crippen molar-refractivity contribution in [2.45, 2.75) is 6.42 Å². The molecule has 0 aromatic heterocycles. The van der Waals surface area contributed by atoms with E-state index in [2.05, 4.69) is 12.2 Å². The fourth-order valence-corrected chi connectivity index (χ4v) is 3.44. The molecule has 3 aliphatic rings. The minimum absolute atomic E-state index is 0.00231. The number of alkyl halides is 1. The zero-order valence-corrected chi connectivity index (χ0v) is 8.98. The topological polar surface area (TPSA) is 37.4 Å². The molecule has 2 bridgehead atoms. The van der Waals surface area contributed by atoms with Crippen molar-refractivity contribution in [2.24, 2.45) is 23.7 Å². The summed E-state index contributed by atoms with van der Waals surface area (Å²) in [5.74, 6) is 0.796. The number of hydrogen-bond acceptors (Lipinski definition) is 2. The molecule has 3 nitrogen and oxygen atoms in total. The number of amides is 2. The van der Waals surface area contributed by atoms with Gasteiger partial charge in [0.05, 0.1) is 11.8 Å². The SMILES string of the molecule is O=C1[C@@H]2[C@@H](C(=O)N1CCCl)[C@H]1C=C[C@H]2C1. The van der Waals surface area contributed by atoms with E-state index in [4.69, 9.17) is 11.6 Å². The number of imide groups is 1. The Morgan fingerprint density at radius 2 is 1.73 bits per heavy atom. The molecule has 1 heterocycles. The summed E-state index contributed by atoms with van der Waals surface area (Å²) in [6, 6.07) is 0. The van der Waals surface area contributed by atoms with Crippen LogP contribution in [-0.2, 0) is 9.59 Å². The molecule has 0 spiro atoms.